The summed E-state index contributed by atoms with van der Waals surface area (Å²) in [6.07, 6.45) is 0. The standard InChI is InChI=1S/C13H9FO5S/c14-10-3-7-12(8-4-10)20(17,18)19-11-5-1-9(2-6-11)13(15)16/h1-8H,(H,15,16). The van der Waals surface area contributed by atoms with Crippen LogP contribution in [0.4, 0.5) is 4.39 Å². The molecule has 0 aliphatic heterocycles. The minimum atomic E-state index is -4.08. The Bertz CT molecular complexity index is 720. The van der Waals surface area contributed by atoms with Crippen LogP contribution in [0.2, 0.25) is 0 Å². The van der Waals surface area contributed by atoms with E-state index < -0.39 is 21.9 Å². The van der Waals surface area contributed by atoms with E-state index in [0.717, 1.165) is 24.3 Å². The average Bonchev–Trinajstić information content (AvgIpc) is 2.39. The van der Waals surface area contributed by atoms with Crippen LogP contribution in [-0.4, -0.2) is 19.5 Å². The second kappa shape index (κ2) is 5.30. The second-order valence-electron chi connectivity index (χ2n) is 3.82. The smallest absolute Gasteiger partial charge is 0.339 e. The molecule has 0 fully saturated rings. The van der Waals surface area contributed by atoms with Crippen molar-refractivity contribution in [2.75, 3.05) is 0 Å². The molecule has 0 bridgehead atoms. The summed E-state index contributed by atoms with van der Waals surface area (Å²) in [6, 6.07) is 9.06. The summed E-state index contributed by atoms with van der Waals surface area (Å²) in [7, 11) is -4.08. The molecule has 0 unspecified atom stereocenters. The van der Waals surface area contributed by atoms with Gasteiger partial charge in [-0.2, -0.15) is 8.42 Å². The summed E-state index contributed by atoms with van der Waals surface area (Å²) in [5, 5.41) is 8.72. The summed E-state index contributed by atoms with van der Waals surface area (Å²) in [5.74, 6) is -1.72. The van der Waals surface area contributed by atoms with Crippen molar-refractivity contribution < 1.29 is 26.9 Å². The van der Waals surface area contributed by atoms with E-state index in [-0.39, 0.29) is 16.2 Å². The molecular weight excluding hydrogens is 287 g/mol. The first-order valence-electron chi connectivity index (χ1n) is 5.42. The lowest BCUT2D eigenvalue weighted by atomic mass is 10.2. The van der Waals surface area contributed by atoms with Crippen LogP contribution < -0.4 is 4.18 Å². The number of benzene rings is 2. The fraction of sp³-hybridized carbons (Fsp3) is 0. The minimum absolute atomic E-state index is 0.0107. The molecule has 7 heteroatoms. The van der Waals surface area contributed by atoms with Gasteiger partial charge >= 0.3 is 16.1 Å². The van der Waals surface area contributed by atoms with Crippen molar-refractivity contribution in [1.29, 1.82) is 0 Å². The van der Waals surface area contributed by atoms with Crippen LogP contribution >= 0.6 is 0 Å². The molecule has 104 valence electrons. The van der Waals surface area contributed by atoms with Gasteiger partial charge < -0.3 is 9.29 Å². The number of carbonyl (C=O) groups is 1. The van der Waals surface area contributed by atoms with Crippen molar-refractivity contribution in [2.24, 2.45) is 0 Å². The van der Waals surface area contributed by atoms with Crippen LogP contribution in [0.25, 0.3) is 0 Å². The second-order valence-corrected chi connectivity index (χ2v) is 5.37. The highest BCUT2D eigenvalue weighted by Crippen LogP contribution is 2.19. The molecule has 5 nitrogen and oxygen atoms in total. The third-order valence-electron chi connectivity index (χ3n) is 2.41. The van der Waals surface area contributed by atoms with E-state index in [4.69, 9.17) is 9.29 Å². The number of rotatable bonds is 4. The molecule has 0 aromatic heterocycles. The maximum absolute atomic E-state index is 12.7. The van der Waals surface area contributed by atoms with Crippen LogP contribution in [-0.2, 0) is 10.1 Å². The molecule has 1 N–H and O–H groups in total. The topological polar surface area (TPSA) is 80.7 Å². The summed E-state index contributed by atoms with van der Waals surface area (Å²) in [6.45, 7) is 0. The van der Waals surface area contributed by atoms with Crippen LogP contribution in [0.15, 0.2) is 53.4 Å². The number of hydrogen-bond acceptors (Lipinski definition) is 4. The molecule has 0 spiro atoms. The number of aromatic carboxylic acids is 1. The Balaban J connectivity index is 2.24. The summed E-state index contributed by atoms with van der Waals surface area (Å²) >= 11 is 0. The zero-order valence-electron chi connectivity index (χ0n) is 9.99. The molecule has 0 saturated heterocycles. The van der Waals surface area contributed by atoms with Crippen LogP contribution in [0.1, 0.15) is 10.4 Å². The fourth-order valence-corrected chi connectivity index (χ4v) is 2.36. The molecule has 0 amide bonds. The number of hydrogen-bond donors (Lipinski definition) is 1. The summed E-state index contributed by atoms with van der Waals surface area (Å²) in [5.41, 5.74) is 0.0107. The van der Waals surface area contributed by atoms with Crippen molar-refractivity contribution in [3.05, 3.63) is 59.9 Å². The lowest BCUT2D eigenvalue weighted by Gasteiger charge is -2.07. The third-order valence-corrected chi connectivity index (χ3v) is 3.67. The molecule has 0 radical (unpaired) electrons. The van der Waals surface area contributed by atoms with E-state index in [1.807, 2.05) is 0 Å². The first kappa shape index (κ1) is 14.0. The molecule has 0 aliphatic rings. The first-order chi connectivity index (χ1) is 9.38. The maximum Gasteiger partial charge on any atom is 0.339 e. The molecule has 2 aromatic rings. The largest absolute Gasteiger partial charge is 0.478 e. The first-order valence-corrected chi connectivity index (χ1v) is 6.83. The van der Waals surface area contributed by atoms with Gasteiger partial charge in [-0.1, -0.05) is 0 Å². The van der Waals surface area contributed by atoms with Crippen LogP contribution in [0, 0.1) is 5.82 Å². The Labute approximate surface area is 114 Å². The van der Waals surface area contributed by atoms with E-state index in [0.29, 0.717) is 0 Å². The number of halogens is 1. The molecule has 0 saturated carbocycles. The van der Waals surface area contributed by atoms with Gasteiger partial charge in [-0.25, -0.2) is 9.18 Å². The highest BCUT2D eigenvalue weighted by atomic mass is 32.2. The fourth-order valence-electron chi connectivity index (χ4n) is 1.43. The predicted octanol–water partition coefficient (Wildman–Crippen LogP) is 2.29. The van der Waals surface area contributed by atoms with Crippen LogP contribution in [0.5, 0.6) is 5.75 Å². The van der Waals surface area contributed by atoms with Gasteiger partial charge in [0.2, 0.25) is 0 Å². The van der Waals surface area contributed by atoms with Gasteiger partial charge in [0.15, 0.2) is 0 Å². The lowest BCUT2D eigenvalue weighted by Crippen LogP contribution is -2.09. The predicted molar refractivity (Wildman–Crippen MR) is 67.6 cm³/mol. The van der Waals surface area contributed by atoms with Gasteiger partial charge in [-0.3, -0.25) is 0 Å². The SMILES string of the molecule is O=C(O)c1ccc(OS(=O)(=O)c2ccc(F)cc2)cc1. The Kier molecular flexibility index (Phi) is 3.71. The van der Waals surface area contributed by atoms with Crippen molar-refractivity contribution >= 4 is 16.1 Å². The molecule has 2 aromatic carbocycles. The zero-order valence-corrected chi connectivity index (χ0v) is 10.8. The minimum Gasteiger partial charge on any atom is -0.478 e. The van der Waals surface area contributed by atoms with Crippen molar-refractivity contribution in [1.82, 2.24) is 0 Å². The Hall–Kier alpha value is -2.41. The Morgan fingerprint density at radius 1 is 1.00 bits per heavy atom. The summed E-state index contributed by atoms with van der Waals surface area (Å²) < 4.78 is 41.3. The molecular formula is C13H9FO5S. The van der Waals surface area contributed by atoms with Crippen molar-refractivity contribution in [2.45, 2.75) is 4.90 Å². The van der Waals surface area contributed by atoms with Gasteiger partial charge in [0.05, 0.1) is 5.56 Å². The van der Waals surface area contributed by atoms with Crippen LogP contribution in [0.3, 0.4) is 0 Å². The monoisotopic (exact) mass is 296 g/mol. The molecule has 0 aliphatic carbocycles. The normalized spacial score (nSPS) is 11.1. The Morgan fingerprint density at radius 3 is 2.05 bits per heavy atom. The van der Waals surface area contributed by atoms with Gasteiger partial charge in [-0.15, -0.1) is 0 Å². The molecule has 2 rings (SSSR count). The highest BCUT2D eigenvalue weighted by Gasteiger charge is 2.16. The number of carboxylic acids is 1. The molecule has 0 atom stereocenters. The van der Waals surface area contributed by atoms with Gasteiger partial charge in [0.1, 0.15) is 16.5 Å². The quantitative estimate of drug-likeness (QED) is 0.875. The van der Waals surface area contributed by atoms with Gasteiger partial charge in [-0.05, 0) is 48.5 Å². The third kappa shape index (κ3) is 3.12. The zero-order chi connectivity index (χ0) is 14.8. The van der Waals surface area contributed by atoms with Gasteiger partial charge in [0, 0.05) is 0 Å². The summed E-state index contributed by atoms with van der Waals surface area (Å²) in [4.78, 5) is 10.5. The maximum atomic E-state index is 12.7. The van der Waals surface area contributed by atoms with Crippen molar-refractivity contribution in [3.8, 4) is 5.75 Å². The van der Waals surface area contributed by atoms with Crippen molar-refractivity contribution in [3.63, 3.8) is 0 Å². The Morgan fingerprint density at radius 2 is 1.55 bits per heavy atom. The average molecular weight is 296 g/mol. The van der Waals surface area contributed by atoms with E-state index in [1.165, 1.54) is 24.3 Å². The van der Waals surface area contributed by atoms with E-state index in [9.17, 15) is 17.6 Å². The molecule has 20 heavy (non-hydrogen) atoms. The van der Waals surface area contributed by atoms with E-state index in [1.54, 1.807) is 0 Å². The highest BCUT2D eigenvalue weighted by molar-refractivity contribution is 7.87. The number of carboxylic acid groups (broad SMARTS) is 1. The lowest BCUT2D eigenvalue weighted by molar-refractivity contribution is 0.0697. The van der Waals surface area contributed by atoms with E-state index in [2.05, 4.69) is 0 Å². The van der Waals surface area contributed by atoms with E-state index >= 15 is 0 Å². The van der Waals surface area contributed by atoms with Gasteiger partial charge in [0.25, 0.3) is 0 Å². The molecule has 0 heterocycles.